The summed E-state index contributed by atoms with van der Waals surface area (Å²) in [5, 5.41) is 5.96. The largest absolute Gasteiger partial charge is 0.493 e. The highest BCUT2D eigenvalue weighted by Gasteiger charge is 2.32. The first-order chi connectivity index (χ1) is 24.1. The Morgan fingerprint density at radius 2 is 1.69 bits per heavy atom. The van der Waals surface area contributed by atoms with Crippen molar-refractivity contribution in [1.82, 2.24) is 14.7 Å². The maximum Gasteiger partial charge on any atom is 0.256 e. The summed E-state index contributed by atoms with van der Waals surface area (Å²) in [6.07, 6.45) is 6.88. The third kappa shape index (κ3) is 7.42. The van der Waals surface area contributed by atoms with Crippen molar-refractivity contribution in [3.63, 3.8) is 0 Å². The second-order valence-corrected chi connectivity index (χ2v) is 13.1. The number of benzene rings is 4. The Kier molecular flexibility index (Phi) is 10.1. The third-order valence-electron chi connectivity index (χ3n) is 9.95. The van der Waals surface area contributed by atoms with Crippen molar-refractivity contribution < 1.29 is 19.1 Å². The standard InChI is InChI=1S/C40H45N5O4/c1-48-37-25-34-36(42-28-32-12-9-18-45(32)40(34)47)26-38(37)49-23-8-2-7-17-43-19-21-44(22-20-43)39(46)33-13-5-6-14-35(33)41-27-29-15-16-30-10-3-4-11-31(30)24-29/h3-6,10-11,13-16,24-26,28,32,41H,2,7-9,12,17-23,27H2,1H3/t32-/m0/s1. The van der Waals surface area contributed by atoms with Crippen molar-refractivity contribution in [2.75, 3.05) is 58.3 Å². The zero-order valence-corrected chi connectivity index (χ0v) is 28.3. The number of methoxy groups -OCH3 is 1. The number of anilines is 1. The van der Waals surface area contributed by atoms with Crippen LogP contribution in [0.15, 0.2) is 83.9 Å². The molecule has 0 saturated carbocycles. The highest BCUT2D eigenvalue weighted by Crippen LogP contribution is 2.38. The number of rotatable bonds is 12. The average molecular weight is 660 g/mol. The molecule has 4 aromatic rings. The summed E-state index contributed by atoms with van der Waals surface area (Å²) in [5.74, 6) is 1.29. The van der Waals surface area contributed by atoms with Gasteiger partial charge < -0.3 is 24.6 Å². The summed E-state index contributed by atoms with van der Waals surface area (Å²) >= 11 is 0. The number of para-hydroxylation sites is 1. The number of amides is 2. The normalized spacial score (nSPS) is 17.5. The van der Waals surface area contributed by atoms with Crippen LogP contribution in [0.1, 0.15) is 58.4 Å². The minimum absolute atomic E-state index is 0.0136. The van der Waals surface area contributed by atoms with E-state index in [1.807, 2.05) is 46.3 Å². The van der Waals surface area contributed by atoms with Crippen LogP contribution in [0.3, 0.4) is 0 Å². The van der Waals surface area contributed by atoms with Crippen LogP contribution in [0.25, 0.3) is 10.8 Å². The van der Waals surface area contributed by atoms with E-state index in [0.29, 0.717) is 35.9 Å². The Balaban J connectivity index is 0.843. The van der Waals surface area contributed by atoms with Crippen LogP contribution >= 0.6 is 0 Å². The van der Waals surface area contributed by atoms with E-state index in [1.165, 1.54) is 16.3 Å². The fourth-order valence-corrected chi connectivity index (χ4v) is 7.13. The van der Waals surface area contributed by atoms with Gasteiger partial charge in [0.15, 0.2) is 11.5 Å². The van der Waals surface area contributed by atoms with Crippen molar-refractivity contribution in [1.29, 1.82) is 0 Å². The second kappa shape index (κ2) is 15.1. The van der Waals surface area contributed by atoms with Crippen molar-refractivity contribution in [2.45, 2.75) is 44.7 Å². The van der Waals surface area contributed by atoms with Crippen LogP contribution in [0.2, 0.25) is 0 Å². The summed E-state index contributed by atoms with van der Waals surface area (Å²) in [4.78, 5) is 37.7. The molecule has 1 N–H and O–H groups in total. The van der Waals surface area contributed by atoms with Crippen molar-refractivity contribution >= 4 is 40.2 Å². The van der Waals surface area contributed by atoms with E-state index in [0.717, 1.165) is 82.6 Å². The van der Waals surface area contributed by atoms with Gasteiger partial charge in [-0.15, -0.1) is 0 Å². The Bertz CT molecular complexity index is 1830. The number of piperazine rings is 1. The summed E-state index contributed by atoms with van der Waals surface area (Å²) < 4.78 is 11.7. The van der Waals surface area contributed by atoms with Crippen LogP contribution < -0.4 is 14.8 Å². The van der Waals surface area contributed by atoms with Gasteiger partial charge in [0.1, 0.15) is 0 Å². The molecule has 0 radical (unpaired) electrons. The summed E-state index contributed by atoms with van der Waals surface area (Å²) in [6, 6.07) is 26.4. The van der Waals surface area contributed by atoms with Gasteiger partial charge in [-0.25, -0.2) is 0 Å². The fraction of sp³-hybridized carbons (Fsp3) is 0.375. The van der Waals surface area contributed by atoms with Gasteiger partial charge in [0, 0.05) is 57.2 Å². The zero-order chi connectivity index (χ0) is 33.6. The van der Waals surface area contributed by atoms with Gasteiger partial charge in [-0.3, -0.25) is 19.5 Å². The number of hydrogen-bond acceptors (Lipinski definition) is 7. The monoisotopic (exact) mass is 659 g/mol. The van der Waals surface area contributed by atoms with Crippen LogP contribution in [-0.4, -0.2) is 91.8 Å². The van der Waals surface area contributed by atoms with E-state index in [9.17, 15) is 9.59 Å². The number of fused-ring (bicyclic) bond motifs is 3. The van der Waals surface area contributed by atoms with E-state index < -0.39 is 0 Å². The van der Waals surface area contributed by atoms with Crippen LogP contribution in [0.4, 0.5) is 11.4 Å². The smallest absolute Gasteiger partial charge is 0.256 e. The molecule has 4 aromatic carbocycles. The maximum atomic E-state index is 13.6. The highest BCUT2D eigenvalue weighted by molar-refractivity contribution is 6.03. The molecule has 1 atom stereocenters. The first kappa shape index (κ1) is 32.6. The second-order valence-electron chi connectivity index (χ2n) is 13.1. The molecule has 0 aromatic heterocycles. The number of nitrogens with one attached hydrogen (secondary N) is 1. The minimum atomic E-state index is 0.0136. The SMILES string of the molecule is COc1cc2c(cc1OCCCCCN1CCN(C(=O)c3ccccc3NCc3ccc4ccccc4c3)CC1)N=C[C@@H]1CCCN1C2=O. The lowest BCUT2D eigenvalue weighted by Gasteiger charge is -2.35. The van der Waals surface area contributed by atoms with Gasteiger partial charge in [0.2, 0.25) is 0 Å². The summed E-state index contributed by atoms with van der Waals surface area (Å²) in [7, 11) is 1.61. The Hall–Kier alpha value is -4.89. The minimum Gasteiger partial charge on any atom is -0.493 e. The molecular weight excluding hydrogens is 614 g/mol. The molecule has 3 aliphatic heterocycles. The Labute approximate surface area is 288 Å². The molecule has 9 heteroatoms. The molecule has 9 nitrogen and oxygen atoms in total. The quantitative estimate of drug-likeness (QED) is 0.169. The summed E-state index contributed by atoms with van der Waals surface area (Å²) in [6.45, 7) is 6.19. The number of ether oxygens (including phenoxy) is 2. The van der Waals surface area contributed by atoms with E-state index in [-0.39, 0.29) is 17.9 Å². The molecule has 254 valence electrons. The van der Waals surface area contributed by atoms with Crippen LogP contribution in [-0.2, 0) is 6.54 Å². The third-order valence-corrected chi connectivity index (χ3v) is 9.95. The molecule has 2 saturated heterocycles. The average Bonchev–Trinajstić information content (AvgIpc) is 3.58. The van der Waals surface area contributed by atoms with Crippen LogP contribution in [0, 0.1) is 0 Å². The lowest BCUT2D eigenvalue weighted by atomic mass is 10.1. The number of carbonyl (C=O) groups excluding carboxylic acids is 2. The van der Waals surface area contributed by atoms with Gasteiger partial charge in [0.05, 0.1) is 36.6 Å². The molecule has 2 fully saturated rings. The molecule has 0 unspecified atom stereocenters. The lowest BCUT2D eigenvalue weighted by Crippen LogP contribution is -2.48. The maximum absolute atomic E-state index is 13.6. The lowest BCUT2D eigenvalue weighted by molar-refractivity contribution is 0.0635. The number of unbranched alkanes of at least 4 members (excludes halogenated alkanes) is 2. The highest BCUT2D eigenvalue weighted by atomic mass is 16.5. The molecule has 0 bridgehead atoms. The van der Waals surface area contributed by atoms with E-state index in [2.05, 4.69) is 57.7 Å². The van der Waals surface area contributed by atoms with Gasteiger partial charge in [-0.1, -0.05) is 48.5 Å². The topological polar surface area (TPSA) is 86.7 Å². The molecule has 3 heterocycles. The van der Waals surface area contributed by atoms with Gasteiger partial charge in [-0.05, 0) is 79.3 Å². The Morgan fingerprint density at radius 3 is 2.55 bits per heavy atom. The van der Waals surface area contributed by atoms with Crippen LogP contribution in [0.5, 0.6) is 11.5 Å². The summed E-state index contributed by atoms with van der Waals surface area (Å²) in [5.41, 5.74) is 4.00. The molecule has 0 aliphatic carbocycles. The van der Waals surface area contributed by atoms with E-state index in [1.54, 1.807) is 13.2 Å². The molecule has 49 heavy (non-hydrogen) atoms. The predicted molar refractivity (Wildman–Crippen MR) is 195 cm³/mol. The Morgan fingerprint density at radius 1 is 0.878 bits per heavy atom. The molecule has 0 spiro atoms. The van der Waals surface area contributed by atoms with Gasteiger partial charge in [0.25, 0.3) is 11.8 Å². The van der Waals surface area contributed by atoms with Crippen molar-refractivity contribution in [3.05, 3.63) is 95.6 Å². The van der Waals surface area contributed by atoms with Gasteiger partial charge >= 0.3 is 0 Å². The first-order valence-electron chi connectivity index (χ1n) is 17.6. The number of nitrogens with zero attached hydrogens (tertiary/aromatic N) is 4. The molecular formula is C40H45N5O4. The first-order valence-corrected chi connectivity index (χ1v) is 17.6. The predicted octanol–water partition coefficient (Wildman–Crippen LogP) is 6.79. The number of aliphatic imine (C=N–C) groups is 1. The number of hydrogen-bond donors (Lipinski definition) is 1. The fourth-order valence-electron chi connectivity index (χ4n) is 7.13. The molecule has 7 rings (SSSR count). The van der Waals surface area contributed by atoms with Crippen molar-refractivity contribution in [2.24, 2.45) is 4.99 Å². The number of carbonyl (C=O) groups is 2. The van der Waals surface area contributed by atoms with Crippen molar-refractivity contribution in [3.8, 4) is 11.5 Å². The molecule has 2 amide bonds. The van der Waals surface area contributed by atoms with E-state index >= 15 is 0 Å². The van der Waals surface area contributed by atoms with E-state index in [4.69, 9.17) is 9.47 Å². The van der Waals surface area contributed by atoms with Gasteiger partial charge in [-0.2, -0.15) is 0 Å². The molecule has 3 aliphatic rings. The zero-order valence-electron chi connectivity index (χ0n) is 28.3.